The largest absolute Gasteiger partial charge is 0.358 e. The zero-order valence-electron chi connectivity index (χ0n) is 17.7. The molecule has 0 bridgehead atoms. The van der Waals surface area contributed by atoms with Gasteiger partial charge in [0.1, 0.15) is 5.69 Å². The number of hydrogen-bond acceptors (Lipinski definition) is 3. The maximum Gasteiger partial charge on any atom is 0.116 e. The van der Waals surface area contributed by atoms with Gasteiger partial charge in [0, 0.05) is 33.7 Å². The first-order valence-electron chi connectivity index (χ1n) is 10.5. The Hall–Kier alpha value is -3.86. The number of H-pyrrole nitrogens is 2. The molecule has 154 valence electrons. The SMILES string of the molecule is C=C(CC(C)C)Nc1cncc(-c2ccc3[nH]nc(-c4cc5ccccc5[nH]4)c3c2)c1. The average molecular weight is 408 g/mol. The summed E-state index contributed by atoms with van der Waals surface area (Å²) >= 11 is 0. The predicted octanol–water partition coefficient (Wildman–Crippen LogP) is 6.74. The van der Waals surface area contributed by atoms with Gasteiger partial charge in [0.15, 0.2) is 0 Å². The van der Waals surface area contributed by atoms with E-state index < -0.39 is 0 Å². The van der Waals surface area contributed by atoms with E-state index in [1.807, 2.05) is 24.5 Å². The van der Waals surface area contributed by atoms with E-state index in [1.54, 1.807) is 0 Å². The van der Waals surface area contributed by atoms with Crippen LogP contribution in [-0.4, -0.2) is 20.2 Å². The van der Waals surface area contributed by atoms with E-state index >= 15 is 0 Å². The summed E-state index contributed by atoms with van der Waals surface area (Å²) in [6, 6.07) is 18.9. The van der Waals surface area contributed by atoms with E-state index in [-0.39, 0.29) is 0 Å². The minimum absolute atomic E-state index is 0.558. The van der Waals surface area contributed by atoms with Crippen LogP contribution in [0.15, 0.2) is 79.3 Å². The highest BCUT2D eigenvalue weighted by Crippen LogP contribution is 2.32. The molecule has 5 heteroatoms. The van der Waals surface area contributed by atoms with Crippen molar-refractivity contribution in [2.45, 2.75) is 20.3 Å². The van der Waals surface area contributed by atoms with Crippen LogP contribution in [0.5, 0.6) is 0 Å². The Balaban J connectivity index is 1.51. The number of nitrogens with zero attached hydrogens (tertiary/aromatic N) is 2. The van der Waals surface area contributed by atoms with E-state index in [1.165, 1.54) is 5.39 Å². The number of para-hydroxylation sites is 1. The summed E-state index contributed by atoms with van der Waals surface area (Å²) in [5.41, 5.74) is 8.12. The summed E-state index contributed by atoms with van der Waals surface area (Å²) in [5.74, 6) is 0.558. The highest BCUT2D eigenvalue weighted by Gasteiger charge is 2.12. The lowest BCUT2D eigenvalue weighted by molar-refractivity contribution is 0.645. The summed E-state index contributed by atoms with van der Waals surface area (Å²) in [6.45, 7) is 8.51. The van der Waals surface area contributed by atoms with Crippen molar-refractivity contribution in [2.75, 3.05) is 5.32 Å². The average Bonchev–Trinajstić information content (AvgIpc) is 3.36. The number of hydrogen-bond donors (Lipinski definition) is 3. The highest BCUT2D eigenvalue weighted by atomic mass is 15.1. The first-order chi connectivity index (χ1) is 15.1. The lowest BCUT2D eigenvalue weighted by atomic mass is 10.0. The summed E-state index contributed by atoms with van der Waals surface area (Å²) in [6.07, 6.45) is 4.65. The van der Waals surface area contributed by atoms with Gasteiger partial charge >= 0.3 is 0 Å². The van der Waals surface area contributed by atoms with Gasteiger partial charge in [-0.15, -0.1) is 0 Å². The van der Waals surface area contributed by atoms with Gasteiger partial charge in [-0.1, -0.05) is 44.7 Å². The van der Waals surface area contributed by atoms with E-state index in [4.69, 9.17) is 0 Å². The number of aromatic amines is 2. The fourth-order valence-electron chi connectivity index (χ4n) is 4.01. The minimum atomic E-state index is 0.558. The Morgan fingerprint density at radius 3 is 2.71 bits per heavy atom. The molecule has 0 fully saturated rings. The standard InChI is InChI=1S/C26H25N5/c1-16(2)10-17(3)28-21-11-20(14-27-15-21)18-8-9-24-22(12-18)26(31-30-24)25-13-19-6-4-5-7-23(19)29-25/h4-9,11-16,28-29H,3,10H2,1-2H3,(H,30,31). The number of allylic oxidation sites excluding steroid dienone is 1. The summed E-state index contributed by atoms with van der Waals surface area (Å²) in [5, 5.41) is 13.4. The van der Waals surface area contributed by atoms with Crippen molar-refractivity contribution in [3.05, 3.63) is 79.3 Å². The van der Waals surface area contributed by atoms with Gasteiger partial charge < -0.3 is 10.3 Å². The van der Waals surface area contributed by atoms with Crippen LogP contribution in [0, 0.1) is 5.92 Å². The molecule has 0 amide bonds. The van der Waals surface area contributed by atoms with Gasteiger partial charge in [0.2, 0.25) is 0 Å². The summed E-state index contributed by atoms with van der Waals surface area (Å²) < 4.78 is 0. The number of rotatable bonds is 6. The molecule has 3 N–H and O–H groups in total. The second kappa shape index (κ2) is 7.76. The lowest BCUT2D eigenvalue weighted by Crippen LogP contribution is -2.02. The predicted molar refractivity (Wildman–Crippen MR) is 129 cm³/mol. The van der Waals surface area contributed by atoms with Crippen LogP contribution < -0.4 is 5.32 Å². The Kier molecular flexibility index (Phi) is 4.79. The molecule has 0 saturated carbocycles. The van der Waals surface area contributed by atoms with E-state index in [2.05, 4.69) is 88.4 Å². The van der Waals surface area contributed by atoms with Crippen LogP contribution in [-0.2, 0) is 0 Å². The van der Waals surface area contributed by atoms with Gasteiger partial charge in [-0.05, 0) is 48.2 Å². The Bertz CT molecular complexity index is 1360. The Labute approximate surface area is 181 Å². The molecule has 0 aliphatic heterocycles. The molecule has 5 aromatic rings. The van der Waals surface area contributed by atoms with Crippen LogP contribution in [0.3, 0.4) is 0 Å². The topological polar surface area (TPSA) is 69.4 Å². The number of pyridine rings is 1. The molecule has 0 aliphatic carbocycles. The van der Waals surface area contributed by atoms with E-state index in [0.29, 0.717) is 5.92 Å². The molecule has 5 nitrogen and oxygen atoms in total. The van der Waals surface area contributed by atoms with E-state index in [0.717, 1.165) is 56.7 Å². The molecule has 5 rings (SSSR count). The summed E-state index contributed by atoms with van der Waals surface area (Å²) in [7, 11) is 0. The normalized spacial score (nSPS) is 11.5. The highest BCUT2D eigenvalue weighted by molar-refractivity contribution is 5.97. The molecule has 3 aromatic heterocycles. The second-order valence-corrected chi connectivity index (χ2v) is 8.39. The fraction of sp³-hybridized carbons (Fsp3) is 0.154. The maximum absolute atomic E-state index is 4.58. The molecule has 0 atom stereocenters. The third-order valence-corrected chi connectivity index (χ3v) is 5.40. The minimum Gasteiger partial charge on any atom is -0.358 e. The molecule has 0 unspecified atom stereocenters. The number of fused-ring (bicyclic) bond motifs is 2. The zero-order valence-corrected chi connectivity index (χ0v) is 17.7. The number of benzene rings is 2. The van der Waals surface area contributed by atoms with Crippen molar-refractivity contribution in [2.24, 2.45) is 5.92 Å². The smallest absolute Gasteiger partial charge is 0.116 e. The molecule has 0 saturated heterocycles. The zero-order chi connectivity index (χ0) is 21.4. The molecule has 0 spiro atoms. The molecule has 0 aliphatic rings. The first-order valence-corrected chi connectivity index (χ1v) is 10.5. The van der Waals surface area contributed by atoms with Crippen LogP contribution in [0.1, 0.15) is 20.3 Å². The first kappa shape index (κ1) is 19.1. The quantitative estimate of drug-likeness (QED) is 0.292. The van der Waals surface area contributed by atoms with E-state index in [9.17, 15) is 0 Å². The molecule has 31 heavy (non-hydrogen) atoms. The third-order valence-electron chi connectivity index (χ3n) is 5.40. The number of anilines is 1. The molecule has 3 heterocycles. The van der Waals surface area contributed by atoms with Gasteiger partial charge in [0.25, 0.3) is 0 Å². The fourth-order valence-corrected chi connectivity index (χ4v) is 4.01. The number of aromatic nitrogens is 4. The Morgan fingerprint density at radius 2 is 1.87 bits per heavy atom. The van der Waals surface area contributed by atoms with Crippen molar-refractivity contribution >= 4 is 27.5 Å². The van der Waals surface area contributed by atoms with Crippen LogP contribution in [0.2, 0.25) is 0 Å². The second-order valence-electron chi connectivity index (χ2n) is 8.39. The van der Waals surface area contributed by atoms with Gasteiger partial charge in [-0.3, -0.25) is 10.1 Å². The number of nitrogens with one attached hydrogen (secondary N) is 3. The Morgan fingerprint density at radius 1 is 1.00 bits per heavy atom. The van der Waals surface area contributed by atoms with Gasteiger partial charge in [-0.2, -0.15) is 5.10 Å². The van der Waals surface area contributed by atoms with Crippen LogP contribution >= 0.6 is 0 Å². The van der Waals surface area contributed by atoms with Crippen molar-refractivity contribution < 1.29 is 0 Å². The van der Waals surface area contributed by atoms with Crippen molar-refractivity contribution in [1.29, 1.82) is 0 Å². The van der Waals surface area contributed by atoms with Crippen molar-refractivity contribution in [3.8, 4) is 22.5 Å². The molecule has 2 aromatic carbocycles. The van der Waals surface area contributed by atoms with Crippen LogP contribution in [0.25, 0.3) is 44.3 Å². The molecular weight excluding hydrogens is 382 g/mol. The van der Waals surface area contributed by atoms with Crippen LogP contribution in [0.4, 0.5) is 5.69 Å². The molecule has 0 radical (unpaired) electrons. The maximum atomic E-state index is 4.58. The summed E-state index contributed by atoms with van der Waals surface area (Å²) in [4.78, 5) is 7.92. The monoisotopic (exact) mass is 407 g/mol. The molecular formula is C26H25N5. The van der Waals surface area contributed by atoms with Gasteiger partial charge in [-0.25, -0.2) is 0 Å². The third kappa shape index (κ3) is 3.82. The lowest BCUT2D eigenvalue weighted by Gasteiger charge is -2.12. The van der Waals surface area contributed by atoms with Gasteiger partial charge in [0.05, 0.1) is 23.1 Å². The van der Waals surface area contributed by atoms with Crippen molar-refractivity contribution in [3.63, 3.8) is 0 Å². The van der Waals surface area contributed by atoms with Crippen molar-refractivity contribution in [1.82, 2.24) is 20.2 Å².